The van der Waals surface area contributed by atoms with E-state index in [-0.39, 0.29) is 5.41 Å². The number of hydrogen-bond acceptors (Lipinski definition) is 4. The molecule has 0 heterocycles. The summed E-state index contributed by atoms with van der Waals surface area (Å²) in [5.74, 6) is 0. The van der Waals surface area contributed by atoms with Crippen LogP contribution in [0.4, 0.5) is 0 Å². The summed E-state index contributed by atoms with van der Waals surface area (Å²) >= 11 is 0. The number of hydrogen-bond donors (Lipinski definition) is 2. The molecule has 1 aliphatic carbocycles. The summed E-state index contributed by atoms with van der Waals surface area (Å²) in [4.78, 5) is 0. The molecule has 2 N–H and O–H groups in total. The van der Waals surface area contributed by atoms with E-state index >= 15 is 0 Å². The summed E-state index contributed by atoms with van der Waals surface area (Å²) in [6.45, 7) is 6.73. The van der Waals surface area contributed by atoms with Crippen molar-refractivity contribution in [1.29, 1.82) is 0 Å². The van der Waals surface area contributed by atoms with Gasteiger partial charge in [0, 0.05) is 39.9 Å². The highest BCUT2D eigenvalue weighted by Crippen LogP contribution is 2.48. The van der Waals surface area contributed by atoms with Gasteiger partial charge in [-0.05, 0) is 37.6 Å². The van der Waals surface area contributed by atoms with Crippen LogP contribution in [-0.2, 0) is 14.9 Å². The lowest BCUT2D eigenvalue weighted by Crippen LogP contribution is -2.42. The van der Waals surface area contributed by atoms with Crippen LogP contribution in [0.3, 0.4) is 0 Å². The number of nitrogens with zero attached hydrogens (tertiary/aromatic N) is 1. The van der Waals surface area contributed by atoms with Crippen molar-refractivity contribution < 1.29 is 13.2 Å². The summed E-state index contributed by atoms with van der Waals surface area (Å²) in [7, 11) is -0.0533. The van der Waals surface area contributed by atoms with Crippen molar-refractivity contribution in [2.24, 2.45) is 5.41 Å². The van der Waals surface area contributed by atoms with Crippen molar-refractivity contribution in [2.75, 3.05) is 40.4 Å². The van der Waals surface area contributed by atoms with Crippen LogP contribution < -0.4 is 10.0 Å². The third-order valence-corrected chi connectivity index (χ3v) is 5.55. The molecule has 0 radical (unpaired) electrons. The zero-order valence-corrected chi connectivity index (χ0v) is 14.6. The van der Waals surface area contributed by atoms with E-state index in [9.17, 15) is 8.42 Å². The molecule has 21 heavy (non-hydrogen) atoms. The predicted molar refractivity (Wildman–Crippen MR) is 85.5 cm³/mol. The van der Waals surface area contributed by atoms with Gasteiger partial charge in [0.25, 0.3) is 10.2 Å². The van der Waals surface area contributed by atoms with Gasteiger partial charge in [-0.25, -0.2) is 4.72 Å². The zero-order chi connectivity index (χ0) is 15.9. The Kier molecular flexibility index (Phi) is 7.56. The Morgan fingerprint density at radius 1 is 1.33 bits per heavy atom. The van der Waals surface area contributed by atoms with Crippen LogP contribution in [0.2, 0.25) is 0 Å². The topological polar surface area (TPSA) is 70.7 Å². The molecule has 0 spiro atoms. The van der Waals surface area contributed by atoms with E-state index in [1.54, 1.807) is 14.2 Å². The second-order valence-electron chi connectivity index (χ2n) is 6.35. The summed E-state index contributed by atoms with van der Waals surface area (Å²) in [6, 6.07) is 0.431. The van der Waals surface area contributed by atoms with Crippen LogP contribution in [0.15, 0.2) is 0 Å². The molecule has 0 unspecified atom stereocenters. The lowest BCUT2D eigenvalue weighted by molar-refractivity contribution is 0.172. The molecule has 0 amide bonds. The van der Waals surface area contributed by atoms with Gasteiger partial charge in [-0.15, -0.1) is 0 Å². The number of ether oxygens (including phenoxy) is 1. The van der Waals surface area contributed by atoms with Crippen molar-refractivity contribution in [1.82, 2.24) is 14.3 Å². The Morgan fingerprint density at radius 2 is 2.00 bits per heavy atom. The fourth-order valence-electron chi connectivity index (χ4n) is 2.18. The highest BCUT2D eigenvalue weighted by atomic mass is 32.2. The molecule has 0 aromatic heterocycles. The number of methoxy groups -OCH3 is 1. The van der Waals surface area contributed by atoms with Gasteiger partial charge in [-0.3, -0.25) is 0 Å². The molecule has 0 aromatic carbocycles. The van der Waals surface area contributed by atoms with Crippen molar-refractivity contribution >= 4 is 10.2 Å². The maximum Gasteiger partial charge on any atom is 0.279 e. The lowest BCUT2D eigenvalue weighted by Gasteiger charge is -2.21. The van der Waals surface area contributed by atoms with Crippen molar-refractivity contribution in [3.63, 3.8) is 0 Å². The third-order valence-electron chi connectivity index (χ3n) is 4.04. The van der Waals surface area contributed by atoms with E-state index < -0.39 is 10.2 Å². The quantitative estimate of drug-likeness (QED) is 0.525. The number of nitrogens with one attached hydrogen (secondary N) is 2. The Balaban J connectivity index is 2.28. The maximum absolute atomic E-state index is 12.2. The molecule has 7 heteroatoms. The molecule has 0 atom stereocenters. The molecule has 1 aliphatic rings. The largest absolute Gasteiger partial charge is 0.385 e. The summed E-state index contributed by atoms with van der Waals surface area (Å²) < 4.78 is 33.6. The normalized spacial score (nSPS) is 17.6. The van der Waals surface area contributed by atoms with Crippen molar-refractivity contribution in [3.05, 3.63) is 0 Å². The van der Waals surface area contributed by atoms with Gasteiger partial charge in [-0.1, -0.05) is 13.8 Å². The van der Waals surface area contributed by atoms with E-state index in [0.29, 0.717) is 25.7 Å². The van der Waals surface area contributed by atoms with Gasteiger partial charge >= 0.3 is 0 Å². The summed E-state index contributed by atoms with van der Waals surface area (Å²) in [5.41, 5.74) is 0.128. The Bertz CT molecular complexity index is 394. The van der Waals surface area contributed by atoms with Gasteiger partial charge in [-0.2, -0.15) is 12.7 Å². The van der Waals surface area contributed by atoms with Crippen LogP contribution in [0.1, 0.15) is 39.5 Å². The molecular formula is C14H31N3O3S. The Labute approximate surface area is 129 Å². The average molecular weight is 321 g/mol. The summed E-state index contributed by atoms with van der Waals surface area (Å²) in [5, 5.41) is 3.29. The van der Waals surface area contributed by atoms with Crippen molar-refractivity contribution in [3.8, 4) is 0 Å². The average Bonchev–Trinajstić information content (AvgIpc) is 3.19. The van der Waals surface area contributed by atoms with E-state index in [0.717, 1.165) is 32.2 Å². The summed E-state index contributed by atoms with van der Waals surface area (Å²) in [6.07, 6.45) is 3.90. The molecule has 126 valence electrons. The molecular weight excluding hydrogens is 290 g/mol. The van der Waals surface area contributed by atoms with Crippen LogP contribution >= 0.6 is 0 Å². The highest BCUT2D eigenvalue weighted by Gasteiger charge is 2.42. The maximum atomic E-state index is 12.2. The van der Waals surface area contributed by atoms with E-state index in [1.807, 2.05) is 0 Å². The molecule has 1 fully saturated rings. The minimum atomic E-state index is -3.36. The van der Waals surface area contributed by atoms with E-state index in [2.05, 4.69) is 23.9 Å². The van der Waals surface area contributed by atoms with Crippen LogP contribution in [0, 0.1) is 5.41 Å². The minimum absolute atomic E-state index is 0.128. The van der Waals surface area contributed by atoms with Gasteiger partial charge in [0.05, 0.1) is 0 Å². The van der Waals surface area contributed by atoms with Crippen LogP contribution in [0.25, 0.3) is 0 Å². The molecule has 0 aromatic rings. The Morgan fingerprint density at radius 3 is 2.52 bits per heavy atom. The molecule has 1 rings (SSSR count). The van der Waals surface area contributed by atoms with Gasteiger partial charge in [0.1, 0.15) is 0 Å². The van der Waals surface area contributed by atoms with Gasteiger partial charge in [0.2, 0.25) is 0 Å². The fraction of sp³-hybridized carbons (Fsp3) is 1.00. The zero-order valence-electron chi connectivity index (χ0n) is 13.8. The van der Waals surface area contributed by atoms with Gasteiger partial charge < -0.3 is 10.1 Å². The first kappa shape index (κ1) is 18.8. The van der Waals surface area contributed by atoms with Crippen molar-refractivity contribution in [2.45, 2.75) is 45.6 Å². The molecule has 1 saturated carbocycles. The second kappa shape index (κ2) is 8.43. The molecule has 0 bridgehead atoms. The second-order valence-corrected chi connectivity index (χ2v) is 8.22. The molecule has 6 nitrogen and oxygen atoms in total. The SMILES string of the molecule is COCCC1(CNS(=O)(=O)N(C)CCCNC(C)C)CC1. The van der Waals surface area contributed by atoms with Crippen LogP contribution in [-0.4, -0.2) is 59.2 Å². The van der Waals surface area contributed by atoms with Crippen LogP contribution in [0.5, 0.6) is 0 Å². The first-order chi connectivity index (χ1) is 9.81. The lowest BCUT2D eigenvalue weighted by atomic mass is 10.0. The number of rotatable bonds is 12. The third kappa shape index (κ3) is 7.06. The predicted octanol–water partition coefficient (Wildman–Crippen LogP) is 0.957. The van der Waals surface area contributed by atoms with Gasteiger partial charge in [0.15, 0.2) is 0 Å². The standard InChI is InChI=1S/C14H31N3O3S/c1-13(2)15-9-5-10-17(3)21(18,19)16-12-14(6-7-14)8-11-20-4/h13,15-16H,5-12H2,1-4H3. The fourth-order valence-corrected chi connectivity index (χ4v) is 3.26. The monoisotopic (exact) mass is 321 g/mol. The van der Waals surface area contributed by atoms with E-state index in [1.165, 1.54) is 4.31 Å². The minimum Gasteiger partial charge on any atom is -0.385 e. The Hall–Kier alpha value is -0.210. The highest BCUT2D eigenvalue weighted by molar-refractivity contribution is 7.87. The first-order valence-electron chi connectivity index (χ1n) is 7.75. The smallest absolute Gasteiger partial charge is 0.279 e. The first-order valence-corrected chi connectivity index (χ1v) is 9.19. The van der Waals surface area contributed by atoms with E-state index in [4.69, 9.17) is 4.74 Å². The molecule has 0 saturated heterocycles. The molecule has 0 aliphatic heterocycles.